The summed E-state index contributed by atoms with van der Waals surface area (Å²) in [6.07, 6.45) is 6.91. The van der Waals surface area contributed by atoms with E-state index in [0.717, 1.165) is 24.8 Å². The Hall–Kier alpha value is -1.30. The molecule has 0 aromatic heterocycles. The Kier molecular flexibility index (Phi) is 3.89. The van der Waals surface area contributed by atoms with Crippen LogP contribution in [-0.4, -0.2) is 45.2 Å². The molecule has 0 heterocycles. The van der Waals surface area contributed by atoms with Crippen molar-refractivity contribution in [1.82, 2.24) is 0 Å². The summed E-state index contributed by atoms with van der Waals surface area (Å²) in [4.78, 5) is 25.1. The molecule has 5 nitrogen and oxygen atoms in total. The Labute approximate surface area is 153 Å². The zero-order chi connectivity index (χ0) is 18.9. The van der Waals surface area contributed by atoms with Gasteiger partial charge in [0.1, 0.15) is 11.9 Å². The van der Waals surface area contributed by atoms with Crippen molar-refractivity contribution < 1.29 is 24.9 Å². The lowest BCUT2D eigenvalue weighted by Gasteiger charge is -2.57. The van der Waals surface area contributed by atoms with Crippen LogP contribution >= 0.6 is 0 Å². The molecule has 0 aliphatic heterocycles. The topological polar surface area (TPSA) is 94.8 Å². The third-order valence-electron chi connectivity index (χ3n) is 8.20. The normalized spacial score (nSPS) is 48.5. The van der Waals surface area contributed by atoms with Crippen molar-refractivity contribution in [3.05, 3.63) is 23.8 Å². The van der Waals surface area contributed by atoms with Gasteiger partial charge in [0.2, 0.25) is 0 Å². The van der Waals surface area contributed by atoms with E-state index in [1.54, 1.807) is 12.2 Å². The van der Waals surface area contributed by atoms with E-state index in [9.17, 15) is 24.9 Å². The first-order valence-corrected chi connectivity index (χ1v) is 9.65. The third kappa shape index (κ3) is 2.08. The number of carbonyl (C=O) groups is 2. The van der Waals surface area contributed by atoms with Crippen molar-refractivity contribution in [3.63, 3.8) is 0 Å². The maximum absolute atomic E-state index is 13.3. The van der Waals surface area contributed by atoms with Gasteiger partial charge in [0.05, 0.1) is 12.2 Å². The van der Waals surface area contributed by atoms with Crippen LogP contribution in [0.4, 0.5) is 0 Å². The van der Waals surface area contributed by atoms with Crippen LogP contribution in [0.1, 0.15) is 46.0 Å². The molecular formula is C21H28O5. The van der Waals surface area contributed by atoms with Crippen molar-refractivity contribution in [3.8, 4) is 0 Å². The minimum atomic E-state index is -1.43. The summed E-state index contributed by atoms with van der Waals surface area (Å²) in [5.74, 6) is 0.164. The van der Waals surface area contributed by atoms with Gasteiger partial charge in [-0.25, -0.2) is 0 Å². The summed E-state index contributed by atoms with van der Waals surface area (Å²) in [6, 6.07) is 0. The molecule has 0 aromatic rings. The number of aliphatic hydroxyl groups is 3. The maximum atomic E-state index is 13.3. The number of Topliss-reactive ketones (excluding diaryl/α,β-unsaturated/α-hetero) is 1. The first kappa shape index (κ1) is 18.1. The van der Waals surface area contributed by atoms with E-state index in [1.165, 1.54) is 0 Å². The summed E-state index contributed by atoms with van der Waals surface area (Å²) in [6.45, 7) is 3.46. The molecule has 3 N–H and O–H groups in total. The van der Waals surface area contributed by atoms with E-state index in [1.807, 2.05) is 13.0 Å². The third-order valence-corrected chi connectivity index (χ3v) is 8.20. The highest BCUT2D eigenvalue weighted by Crippen LogP contribution is 2.66. The Balaban J connectivity index is 1.75. The van der Waals surface area contributed by atoms with Crippen LogP contribution in [0.3, 0.4) is 0 Å². The largest absolute Gasteiger partial charge is 0.394 e. The summed E-state index contributed by atoms with van der Waals surface area (Å²) in [5.41, 5.74) is -1.53. The molecule has 0 aromatic carbocycles. The van der Waals surface area contributed by atoms with Gasteiger partial charge in [0.15, 0.2) is 5.78 Å². The monoisotopic (exact) mass is 360 g/mol. The lowest BCUT2D eigenvalue weighted by Crippen LogP contribution is -2.61. The number of rotatable bonds is 2. The second-order valence-corrected chi connectivity index (χ2v) is 9.20. The van der Waals surface area contributed by atoms with Crippen molar-refractivity contribution in [2.75, 3.05) is 6.61 Å². The lowest BCUT2D eigenvalue weighted by molar-refractivity contribution is -0.186. The second-order valence-electron chi connectivity index (χ2n) is 9.20. The number of fused-ring (bicyclic) bond motifs is 5. The first-order chi connectivity index (χ1) is 12.2. The van der Waals surface area contributed by atoms with E-state index in [0.29, 0.717) is 6.42 Å². The minimum Gasteiger partial charge on any atom is -0.394 e. The van der Waals surface area contributed by atoms with Crippen molar-refractivity contribution in [2.45, 2.75) is 57.7 Å². The molecule has 4 rings (SSSR count). The van der Waals surface area contributed by atoms with E-state index in [2.05, 4.69) is 6.92 Å². The van der Waals surface area contributed by atoms with Crippen LogP contribution in [0.15, 0.2) is 23.8 Å². The van der Waals surface area contributed by atoms with Gasteiger partial charge < -0.3 is 15.3 Å². The highest BCUT2D eigenvalue weighted by molar-refractivity contribution is 6.01. The molecule has 26 heavy (non-hydrogen) atoms. The zero-order valence-electron chi connectivity index (χ0n) is 15.4. The van der Waals surface area contributed by atoms with Gasteiger partial charge in [-0.2, -0.15) is 0 Å². The number of allylic oxidation sites excluding steroid dienone is 4. The van der Waals surface area contributed by atoms with Gasteiger partial charge in [-0.3, -0.25) is 9.59 Å². The standard InChI is InChI=1S/C21H28O5/c1-19-7-5-13(23)9-12(19)3-4-14-15-6-8-21(26,17(25)11-22)20(15,2)10-16(24)18(14)19/h5,7,9,14-15,17-18,22,25-26H,3-4,6,8,10-11H2,1-2H3/t14-,15-,17-,18+,19+,20-,21-/m1/s1. The van der Waals surface area contributed by atoms with Crippen LogP contribution in [0.25, 0.3) is 0 Å². The fourth-order valence-electron chi connectivity index (χ4n) is 6.76. The van der Waals surface area contributed by atoms with Gasteiger partial charge in [-0.05, 0) is 49.7 Å². The minimum absolute atomic E-state index is 0.00895. The Morgan fingerprint density at radius 3 is 2.69 bits per heavy atom. The molecule has 142 valence electrons. The molecule has 3 saturated carbocycles. The smallest absolute Gasteiger partial charge is 0.178 e. The van der Waals surface area contributed by atoms with Gasteiger partial charge in [0, 0.05) is 23.2 Å². The molecular weight excluding hydrogens is 332 g/mol. The average molecular weight is 360 g/mol. The molecule has 0 unspecified atom stereocenters. The molecule has 5 heteroatoms. The lowest BCUT2D eigenvalue weighted by atomic mass is 9.46. The van der Waals surface area contributed by atoms with Crippen LogP contribution in [0, 0.1) is 28.6 Å². The molecule has 0 amide bonds. The summed E-state index contributed by atoms with van der Waals surface area (Å²) < 4.78 is 0. The van der Waals surface area contributed by atoms with Crippen LogP contribution < -0.4 is 0 Å². The highest BCUT2D eigenvalue weighted by atomic mass is 16.4. The zero-order valence-corrected chi connectivity index (χ0v) is 15.4. The van der Waals surface area contributed by atoms with E-state index in [-0.39, 0.29) is 35.7 Å². The molecule has 3 fully saturated rings. The Morgan fingerprint density at radius 1 is 1.27 bits per heavy atom. The quantitative estimate of drug-likeness (QED) is 0.695. The van der Waals surface area contributed by atoms with Crippen LogP contribution in [0.5, 0.6) is 0 Å². The number of aliphatic hydroxyl groups excluding tert-OH is 2. The van der Waals surface area contributed by atoms with Gasteiger partial charge in [-0.15, -0.1) is 0 Å². The molecule has 0 radical (unpaired) electrons. The summed E-state index contributed by atoms with van der Waals surface area (Å²) in [7, 11) is 0. The van der Waals surface area contributed by atoms with Gasteiger partial charge in [-0.1, -0.05) is 25.5 Å². The molecule has 0 bridgehead atoms. The Bertz CT molecular complexity index is 724. The first-order valence-electron chi connectivity index (χ1n) is 9.65. The number of ketones is 2. The molecule has 0 spiro atoms. The molecule has 4 aliphatic carbocycles. The molecule has 7 atom stereocenters. The van der Waals surface area contributed by atoms with Gasteiger partial charge in [0.25, 0.3) is 0 Å². The van der Waals surface area contributed by atoms with Crippen molar-refractivity contribution in [1.29, 1.82) is 0 Å². The number of hydrogen-bond acceptors (Lipinski definition) is 5. The SMILES string of the molecule is C[C@]12C=CC(=O)C=C1CC[C@H]1[C@H]2C(=O)C[C@]2(C)[C@@H]1CC[C@@]2(O)[C@H](O)CO. The highest BCUT2D eigenvalue weighted by Gasteiger charge is 2.67. The van der Waals surface area contributed by atoms with Crippen molar-refractivity contribution in [2.24, 2.45) is 28.6 Å². The van der Waals surface area contributed by atoms with Crippen LogP contribution in [0.2, 0.25) is 0 Å². The fourth-order valence-corrected chi connectivity index (χ4v) is 6.76. The van der Waals surface area contributed by atoms with E-state index >= 15 is 0 Å². The molecule has 0 saturated heterocycles. The Morgan fingerprint density at radius 2 is 2.00 bits per heavy atom. The number of hydrogen-bond donors (Lipinski definition) is 3. The fraction of sp³-hybridized carbons (Fsp3) is 0.714. The summed E-state index contributed by atoms with van der Waals surface area (Å²) >= 11 is 0. The van der Waals surface area contributed by atoms with E-state index < -0.39 is 29.1 Å². The van der Waals surface area contributed by atoms with Crippen LogP contribution in [-0.2, 0) is 9.59 Å². The average Bonchev–Trinajstić information content (AvgIpc) is 2.86. The van der Waals surface area contributed by atoms with Gasteiger partial charge >= 0.3 is 0 Å². The summed E-state index contributed by atoms with van der Waals surface area (Å²) in [5, 5.41) is 31.0. The predicted octanol–water partition coefficient (Wildman–Crippen LogP) is 1.56. The predicted molar refractivity (Wildman–Crippen MR) is 95.0 cm³/mol. The molecule has 4 aliphatic rings. The maximum Gasteiger partial charge on any atom is 0.178 e. The van der Waals surface area contributed by atoms with Crippen molar-refractivity contribution >= 4 is 11.6 Å². The number of carbonyl (C=O) groups excluding carboxylic acids is 2. The second kappa shape index (κ2) is 5.60. The van der Waals surface area contributed by atoms with E-state index in [4.69, 9.17) is 0 Å².